The van der Waals surface area contributed by atoms with Gasteiger partial charge in [0, 0.05) is 30.5 Å². The molecule has 0 heterocycles. The highest BCUT2D eigenvalue weighted by atomic mass is 32.2. The van der Waals surface area contributed by atoms with Crippen LogP contribution in [0.4, 0.5) is 4.39 Å². The van der Waals surface area contributed by atoms with Crippen LogP contribution in [-0.2, 0) is 17.8 Å². The minimum atomic E-state index is -0.252. The molecule has 0 atom stereocenters. The van der Waals surface area contributed by atoms with Crippen molar-refractivity contribution in [1.29, 1.82) is 0 Å². The van der Waals surface area contributed by atoms with Crippen LogP contribution in [0, 0.1) is 5.82 Å². The molecule has 6 heteroatoms. The fourth-order valence-corrected chi connectivity index (χ4v) is 3.62. The highest BCUT2D eigenvalue weighted by Gasteiger charge is 2.15. The number of rotatable bonds is 10. The molecule has 2 aromatic rings. The number of phenolic OH excluding ortho intramolecular Hbond substituents is 1. The van der Waals surface area contributed by atoms with Crippen LogP contribution in [0.5, 0.6) is 11.5 Å². The SMILES string of the molecule is C=CCc1cc(CN(C)C(=O)CCCSc2ccc(F)cc2)c(O)c(OC)c1. The molecule has 4 nitrogen and oxygen atoms in total. The Morgan fingerprint density at radius 2 is 2.04 bits per heavy atom. The summed E-state index contributed by atoms with van der Waals surface area (Å²) < 4.78 is 18.1. The summed E-state index contributed by atoms with van der Waals surface area (Å²) in [4.78, 5) is 15.0. The average Bonchev–Trinajstić information content (AvgIpc) is 2.68. The molecule has 0 radical (unpaired) electrons. The molecule has 0 aliphatic rings. The summed E-state index contributed by atoms with van der Waals surface area (Å²) in [5.41, 5.74) is 1.61. The molecule has 0 aliphatic carbocycles. The van der Waals surface area contributed by atoms with Gasteiger partial charge in [-0.2, -0.15) is 0 Å². The summed E-state index contributed by atoms with van der Waals surface area (Å²) in [5.74, 6) is 0.983. The Balaban J connectivity index is 1.88. The minimum Gasteiger partial charge on any atom is -0.504 e. The molecule has 0 bridgehead atoms. The zero-order valence-corrected chi connectivity index (χ0v) is 17.1. The van der Waals surface area contributed by atoms with Crippen LogP contribution in [-0.4, -0.2) is 35.8 Å². The van der Waals surface area contributed by atoms with E-state index in [0.717, 1.165) is 22.6 Å². The van der Waals surface area contributed by atoms with E-state index in [9.17, 15) is 14.3 Å². The fourth-order valence-electron chi connectivity index (χ4n) is 2.77. The van der Waals surface area contributed by atoms with E-state index in [2.05, 4.69) is 6.58 Å². The van der Waals surface area contributed by atoms with Crippen molar-refractivity contribution in [2.45, 2.75) is 30.7 Å². The summed E-state index contributed by atoms with van der Waals surface area (Å²) in [6.07, 6.45) is 3.57. The lowest BCUT2D eigenvalue weighted by Gasteiger charge is -2.19. The van der Waals surface area contributed by atoms with Crippen LogP contribution in [0.2, 0.25) is 0 Å². The number of aromatic hydroxyl groups is 1. The molecule has 0 aliphatic heterocycles. The first-order valence-corrected chi connectivity index (χ1v) is 10.0. The summed E-state index contributed by atoms with van der Waals surface area (Å²) >= 11 is 1.60. The number of halogens is 1. The predicted octanol–water partition coefficient (Wildman–Crippen LogP) is 4.80. The lowest BCUT2D eigenvalue weighted by Crippen LogP contribution is -2.26. The molecule has 1 N–H and O–H groups in total. The molecule has 0 spiro atoms. The third-order valence-corrected chi connectivity index (χ3v) is 5.36. The summed E-state index contributed by atoms with van der Waals surface area (Å²) in [5, 5.41) is 10.4. The van der Waals surface area contributed by atoms with E-state index in [-0.39, 0.29) is 17.5 Å². The third-order valence-electron chi connectivity index (χ3n) is 4.26. The van der Waals surface area contributed by atoms with Crippen LogP contribution >= 0.6 is 11.8 Å². The predicted molar refractivity (Wildman–Crippen MR) is 111 cm³/mol. The Kier molecular flexibility index (Phi) is 8.39. The molecule has 0 fully saturated rings. The highest BCUT2D eigenvalue weighted by Crippen LogP contribution is 2.32. The number of nitrogens with zero attached hydrogens (tertiary/aromatic N) is 1. The largest absolute Gasteiger partial charge is 0.504 e. The normalized spacial score (nSPS) is 10.5. The standard InChI is InChI=1S/C22H26FNO3S/c1-4-6-16-13-17(22(26)20(14-16)27-3)15-24(2)21(25)7-5-12-28-19-10-8-18(23)9-11-19/h4,8-11,13-14,26H,1,5-7,12,15H2,2-3H3. The van der Waals surface area contributed by atoms with Gasteiger partial charge in [0.25, 0.3) is 0 Å². The number of hydrogen-bond acceptors (Lipinski definition) is 4. The smallest absolute Gasteiger partial charge is 0.222 e. The van der Waals surface area contributed by atoms with Gasteiger partial charge in [0.1, 0.15) is 5.82 Å². The van der Waals surface area contributed by atoms with Crippen LogP contribution < -0.4 is 4.74 Å². The van der Waals surface area contributed by atoms with Crippen molar-refractivity contribution < 1.29 is 19.0 Å². The van der Waals surface area contributed by atoms with Gasteiger partial charge in [-0.3, -0.25) is 4.79 Å². The number of thioether (sulfide) groups is 1. The van der Waals surface area contributed by atoms with Crippen LogP contribution in [0.15, 0.2) is 53.9 Å². The number of ether oxygens (including phenoxy) is 1. The lowest BCUT2D eigenvalue weighted by atomic mass is 10.1. The second kappa shape index (κ2) is 10.8. The molecule has 0 unspecified atom stereocenters. The van der Waals surface area contributed by atoms with Gasteiger partial charge in [-0.15, -0.1) is 18.3 Å². The Morgan fingerprint density at radius 1 is 1.32 bits per heavy atom. The molecule has 0 aromatic heterocycles. The Bertz CT molecular complexity index is 808. The van der Waals surface area contributed by atoms with E-state index in [1.807, 2.05) is 6.07 Å². The quantitative estimate of drug-likeness (QED) is 0.352. The Labute approximate surface area is 170 Å². The number of hydrogen-bond donors (Lipinski definition) is 1. The van der Waals surface area contributed by atoms with Crippen molar-refractivity contribution in [2.75, 3.05) is 19.9 Å². The van der Waals surface area contributed by atoms with E-state index in [1.54, 1.807) is 48.0 Å². The van der Waals surface area contributed by atoms with E-state index < -0.39 is 0 Å². The Morgan fingerprint density at radius 3 is 2.68 bits per heavy atom. The maximum atomic E-state index is 12.9. The first-order chi connectivity index (χ1) is 13.4. The minimum absolute atomic E-state index is 0.00666. The second-order valence-electron chi connectivity index (χ2n) is 6.45. The summed E-state index contributed by atoms with van der Waals surface area (Å²) in [6, 6.07) is 9.98. The highest BCUT2D eigenvalue weighted by molar-refractivity contribution is 7.99. The van der Waals surface area contributed by atoms with Crippen molar-refractivity contribution in [2.24, 2.45) is 0 Å². The van der Waals surface area contributed by atoms with Gasteiger partial charge >= 0.3 is 0 Å². The van der Waals surface area contributed by atoms with Crippen LogP contribution in [0.1, 0.15) is 24.0 Å². The lowest BCUT2D eigenvalue weighted by molar-refractivity contribution is -0.130. The number of carbonyl (C=O) groups excluding carboxylic acids is 1. The first kappa shape index (κ1) is 21.8. The van der Waals surface area contributed by atoms with Crippen molar-refractivity contribution in [1.82, 2.24) is 4.90 Å². The first-order valence-electron chi connectivity index (χ1n) is 9.06. The molecule has 150 valence electrons. The van der Waals surface area contributed by atoms with Crippen molar-refractivity contribution in [3.63, 3.8) is 0 Å². The maximum absolute atomic E-state index is 12.9. The van der Waals surface area contributed by atoms with Gasteiger partial charge in [-0.25, -0.2) is 4.39 Å². The second-order valence-corrected chi connectivity index (χ2v) is 7.62. The molecule has 2 aromatic carbocycles. The third kappa shape index (κ3) is 6.30. The molecule has 0 saturated carbocycles. The molecular formula is C22H26FNO3S. The average molecular weight is 404 g/mol. The molecule has 2 rings (SSSR count). The van der Waals surface area contributed by atoms with Gasteiger partial charge < -0.3 is 14.7 Å². The zero-order valence-electron chi connectivity index (χ0n) is 16.3. The van der Waals surface area contributed by atoms with E-state index in [0.29, 0.717) is 30.7 Å². The van der Waals surface area contributed by atoms with Gasteiger partial charge in [-0.05, 0) is 60.6 Å². The van der Waals surface area contributed by atoms with Crippen molar-refractivity contribution in [3.8, 4) is 11.5 Å². The van der Waals surface area contributed by atoms with Crippen LogP contribution in [0.25, 0.3) is 0 Å². The van der Waals surface area contributed by atoms with Gasteiger partial charge in [0.15, 0.2) is 11.5 Å². The number of allylic oxidation sites excluding steroid dienone is 1. The zero-order chi connectivity index (χ0) is 20.5. The monoisotopic (exact) mass is 403 g/mol. The van der Waals surface area contributed by atoms with Crippen molar-refractivity contribution >= 4 is 17.7 Å². The van der Waals surface area contributed by atoms with E-state index in [1.165, 1.54) is 19.2 Å². The van der Waals surface area contributed by atoms with Gasteiger partial charge in [0.2, 0.25) is 5.91 Å². The molecule has 28 heavy (non-hydrogen) atoms. The number of phenols is 1. The topological polar surface area (TPSA) is 49.8 Å². The Hall–Kier alpha value is -2.47. The van der Waals surface area contributed by atoms with Crippen molar-refractivity contribution in [3.05, 3.63) is 66.0 Å². The van der Waals surface area contributed by atoms with Gasteiger partial charge in [0.05, 0.1) is 7.11 Å². The summed E-state index contributed by atoms with van der Waals surface area (Å²) in [7, 11) is 3.23. The number of carbonyl (C=O) groups is 1. The number of amides is 1. The summed E-state index contributed by atoms with van der Waals surface area (Å²) in [6.45, 7) is 4.03. The number of benzene rings is 2. The molecule has 1 amide bonds. The van der Waals surface area contributed by atoms with Gasteiger partial charge in [-0.1, -0.05) is 6.08 Å². The fraction of sp³-hybridized carbons (Fsp3) is 0.318. The van der Waals surface area contributed by atoms with E-state index in [4.69, 9.17) is 4.74 Å². The maximum Gasteiger partial charge on any atom is 0.222 e. The van der Waals surface area contributed by atoms with E-state index >= 15 is 0 Å². The number of methoxy groups -OCH3 is 1. The molecule has 0 saturated heterocycles. The van der Waals surface area contributed by atoms with Crippen LogP contribution in [0.3, 0.4) is 0 Å². The molecular weight excluding hydrogens is 377 g/mol.